The number of carbonyl (C=O) groups is 1. The van der Waals surface area contributed by atoms with Gasteiger partial charge >= 0.3 is 0 Å². The number of alkyl halides is 1. The van der Waals surface area contributed by atoms with E-state index in [-0.39, 0.29) is 12.1 Å². The van der Waals surface area contributed by atoms with Gasteiger partial charge in [-0.05, 0) is 69.3 Å². The summed E-state index contributed by atoms with van der Waals surface area (Å²) in [6.45, 7) is 4.16. The lowest BCUT2D eigenvalue weighted by molar-refractivity contribution is -0.00177. The molecule has 0 saturated carbocycles. The average molecular weight is 540 g/mol. The van der Waals surface area contributed by atoms with E-state index in [0.717, 1.165) is 11.3 Å². The van der Waals surface area contributed by atoms with Crippen LogP contribution < -0.4 is 10.6 Å². The molecule has 0 radical (unpaired) electrons. The van der Waals surface area contributed by atoms with Crippen LogP contribution >= 0.6 is 0 Å². The van der Waals surface area contributed by atoms with Gasteiger partial charge in [0.05, 0.1) is 57.8 Å². The van der Waals surface area contributed by atoms with Crippen molar-refractivity contribution in [1.82, 2.24) is 24.9 Å². The molecule has 3 N–H and O–H groups in total. The summed E-state index contributed by atoms with van der Waals surface area (Å²) in [7, 11) is 0. The second-order valence-electron chi connectivity index (χ2n) is 9.83. The molecule has 40 heavy (non-hydrogen) atoms. The van der Waals surface area contributed by atoms with E-state index in [9.17, 15) is 19.6 Å². The normalized spacial score (nSPS) is 12.2. The highest BCUT2D eigenvalue weighted by atomic mass is 19.1. The topological polar surface area (TPSA) is 141 Å². The van der Waals surface area contributed by atoms with Crippen LogP contribution in [0.2, 0.25) is 0 Å². The maximum Gasteiger partial charge on any atom is 0.255 e. The van der Waals surface area contributed by atoms with Crippen molar-refractivity contribution in [1.29, 1.82) is 5.26 Å². The molecule has 0 saturated heterocycles. The Morgan fingerprint density at radius 3 is 2.62 bits per heavy atom. The number of hydrogen-bond acceptors (Lipinski definition) is 8. The molecule has 11 heteroatoms. The van der Waals surface area contributed by atoms with Gasteiger partial charge in [-0.25, -0.2) is 13.9 Å². The second kappa shape index (κ2) is 10.6. The summed E-state index contributed by atoms with van der Waals surface area (Å²) < 4.78 is 21.5. The summed E-state index contributed by atoms with van der Waals surface area (Å²) in [5, 5.41) is 29.2. The molecule has 0 spiro atoms. The number of aromatic nitrogens is 4. The molecular formula is C29H26FN7O3. The molecule has 0 fully saturated rings. The molecule has 1 aromatic carbocycles. The summed E-state index contributed by atoms with van der Waals surface area (Å²) in [5.74, 6) is 0.108. The zero-order chi connectivity index (χ0) is 28.4. The molecule has 202 valence electrons. The number of amides is 1. The van der Waals surface area contributed by atoms with Crippen molar-refractivity contribution in [2.45, 2.75) is 32.5 Å². The summed E-state index contributed by atoms with van der Waals surface area (Å²) in [5.41, 5.74) is 3.62. The predicted octanol–water partition coefficient (Wildman–Crippen LogP) is 4.81. The maximum atomic E-state index is 14.3. The van der Waals surface area contributed by atoms with Gasteiger partial charge < -0.3 is 20.2 Å². The fourth-order valence-corrected chi connectivity index (χ4v) is 4.10. The molecule has 0 aliphatic rings. The van der Waals surface area contributed by atoms with E-state index in [1.54, 1.807) is 16.6 Å². The number of pyridine rings is 1. The number of carbonyl (C=O) groups excluding carboxylic acids is 1. The Morgan fingerprint density at radius 2 is 1.95 bits per heavy atom. The van der Waals surface area contributed by atoms with Crippen molar-refractivity contribution in [3.8, 4) is 28.8 Å². The Kier molecular flexibility index (Phi) is 7.02. The van der Waals surface area contributed by atoms with Gasteiger partial charge in [-0.15, -0.1) is 0 Å². The molecular weight excluding hydrogens is 513 g/mol. The third-order valence-electron chi connectivity index (χ3n) is 6.42. The zero-order valence-corrected chi connectivity index (χ0v) is 22.0. The Balaban J connectivity index is 1.49. The van der Waals surface area contributed by atoms with E-state index in [0.29, 0.717) is 39.6 Å². The van der Waals surface area contributed by atoms with Gasteiger partial charge in [-0.2, -0.15) is 10.4 Å². The Morgan fingerprint density at radius 1 is 1.18 bits per heavy atom. The van der Waals surface area contributed by atoms with Gasteiger partial charge in [0.1, 0.15) is 12.2 Å². The summed E-state index contributed by atoms with van der Waals surface area (Å²) in [6, 6.07) is 16.5. The van der Waals surface area contributed by atoms with Crippen molar-refractivity contribution in [2.24, 2.45) is 0 Å². The molecule has 5 rings (SSSR count). The average Bonchev–Trinajstić information content (AvgIpc) is 3.57. The summed E-state index contributed by atoms with van der Waals surface area (Å²) in [4.78, 5) is 21.7. The Bertz CT molecular complexity index is 1730. The number of nitrogens with one attached hydrogen (secondary N) is 2. The van der Waals surface area contributed by atoms with Crippen molar-refractivity contribution in [3.63, 3.8) is 0 Å². The fraction of sp³-hybridized carbons (Fsp3) is 0.207. The number of aliphatic hydroxyl groups is 1. The molecule has 5 aromatic rings. The standard InChI is InChI=1S/C29H26FN7O3/c1-17-27(40-16-34-17)19-4-6-20(7-5-19)36-23-11-24(25-9-8-21-10-18(12-31)13-35-37(21)25)32-14-22(23)28(38)33-15-26(30)29(2,3)39/h4-11,13-14,16,26,39H,15H2,1-3H3,(H,32,36)(H,33,38). The van der Waals surface area contributed by atoms with Gasteiger partial charge in [-0.1, -0.05) is 0 Å². The minimum Gasteiger partial charge on any atom is -0.443 e. The SMILES string of the molecule is Cc1ncoc1-c1ccc(Nc2cc(-c3ccc4cc(C#N)cnn34)ncc2C(=O)NCC(F)C(C)(C)O)cc1. The summed E-state index contributed by atoms with van der Waals surface area (Å²) in [6.07, 6.45) is 2.59. The van der Waals surface area contributed by atoms with E-state index >= 15 is 0 Å². The second-order valence-corrected chi connectivity index (χ2v) is 9.83. The maximum absolute atomic E-state index is 14.3. The molecule has 1 unspecified atom stereocenters. The van der Waals surface area contributed by atoms with Crippen LogP contribution in [0.4, 0.5) is 15.8 Å². The third kappa shape index (κ3) is 5.39. The number of aryl methyl sites for hydroxylation is 1. The van der Waals surface area contributed by atoms with Gasteiger partial charge in [0, 0.05) is 17.4 Å². The van der Waals surface area contributed by atoms with Crippen LogP contribution in [-0.4, -0.2) is 48.9 Å². The first-order valence-electron chi connectivity index (χ1n) is 12.4. The van der Waals surface area contributed by atoms with Gasteiger partial charge in [0.2, 0.25) is 0 Å². The number of nitriles is 1. The molecule has 0 aliphatic heterocycles. The fourth-order valence-electron chi connectivity index (χ4n) is 4.10. The molecule has 1 atom stereocenters. The zero-order valence-electron chi connectivity index (χ0n) is 22.0. The minimum absolute atomic E-state index is 0.183. The largest absolute Gasteiger partial charge is 0.443 e. The van der Waals surface area contributed by atoms with Gasteiger partial charge in [-0.3, -0.25) is 9.78 Å². The Labute approximate surface area is 229 Å². The van der Waals surface area contributed by atoms with E-state index < -0.39 is 17.7 Å². The van der Waals surface area contributed by atoms with Crippen molar-refractivity contribution < 1.29 is 18.7 Å². The lowest BCUT2D eigenvalue weighted by atomic mass is 10.0. The lowest BCUT2D eigenvalue weighted by Crippen LogP contribution is -2.42. The number of anilines is 2. The van der Waals surface area contributed by atoms with Crippen molar-refractivity contribution >= 4 is 22.8 Å². The van der Waals surface area contributed by atoms with E-state index in [4.69, 9.17) is 4.42 Å². The van der Waals surface area contributed by atoms with Crippen LogP contribution in [0, 0.1) is 18.3 Å². The molecule has 0 aliphatic carbocycles. The van der Waals surface area contributed by atoms with Crippen LogP contribution in [0.1, 0.15) is 35.5 Å². The number of oxazole rings is 1. The van der Waals surface area contributed by atoms with Gasteiger partial charge in [0.15, 0.2) is 12.2 Å². The van der Waals surface area contributed by atoms with Crippen LogP contribution in [0.25, 0.3) is 28.2 Å². The number of nitrogens with zero attached hydrogens (tertiary/aromatic N) is 5. The molecule has 4 aromatic heterocycles. The van der Waals surface area contributed by atoms with E-state index in [2.05, 4.69) is 31.8 Å². The lowest BCUT2D eigenvalue weighted by Gasteiger charge is -2.22. The van der Waals surface area contributed by atoms with Crippen LogP contribution in [0.3, 0.4) is 0 Å². The molecule has 10 nitrogen and oxygen atoms in total. The monoisotopic (exact) mass is 539 g/mol. The van der Waals surface area contributed by atoms with Crippen molar-refractivity contribution in [2.75, 3.05) is 11.9 Å². The highest BCUT2D eigenvalue weighted by molar-refractivity contribution is 6.00. The molecule has 4 heterocycles. The number of rotatable bonds is 8. The highest BCUT2D eigenvalue weighted by Crippen LogP contribution is 2.29. The first-order chi connectivity index (χ1) is 19.1. The number of fused-ring (bicyclic) bond motifs is 1. The quantitative estimate of drug-likeness (QED) is 0.255. The summed E-state index contributed by atoms with van der Waals surface area (Å²) >= 11 is 0. The van der Waals surface area contributed by atoms with E-state index in [1.165, 1.54) is 32.6 Å². The number of hydrogen-bond donors (Lipinski definition) is 3. The number of benzene rings is 1. The van der Waals surface area contributed by atoms with Gasteiger partial charge in [0.25, 0.3) is 5.91 Å². The first-order valence-corrected chi connectivity index (χ1v) is 12.4. The highest BCUT2D eigenvalue weighted by Gasteiger charge is 2.27. The van der Waals surface area contributed by atoms with Crippen LogP contribution in [0.5, 0.6) is 0 Å². The molecule has 0 bridgehead atoms. The first kappa shape index (κ1) is 26.5. The third-order valence-corrected chi connectivity index (χ3v) is 6.42. The van der Waals surface area contributed by atoms with Crippen LogP contribution in [-0.2, 0) is 0 Å². The van der Waals surface area contributed by atoms with E-state index in [1.807, 2.05) is 43.3 Å². The van der Waals surface area contributed by atoms with Crippen LogP contribution in [0.15, 0.2) is 71.7 Å². The minimum atomic E-state index is -1.66. The predicted molar refractivity (Wildman–Crippen MR) is 147 cm³/mol. The smallest absolute Gasteiger partial charge is 0.255 e. The van der Waals surface area contributed by atoms with Crippen molar-refractivity contribution in [3.05, 3.63) is 84.1 Å². The molecule has 1 amide bonds. The number of halogens is 1. The Hall–Kier alpha value is -5.08.